The van der Waals surface area contributed by atoms with Crippen LogP contribution >= 0.6 is 0 Å². The number of methoxy groups -OCH3 is 1. The molecule has 1 saturated heterocycles. The minimum absolute atomic E-state index is 0.00155. The number of nitrogens with zero attached hydrogens (tertiary/aromatic N) is 5. The van der Waals surface area contributed by atoms with Gasteiger partial charge in [0.25, 0.3) is 11.8 Å². The number of ether oxygens (including phenoxy) is 1. The summed E-state index contributed by atoms with van der Waals surface area (Å²) in [5.74, 6) is -1.90. The lowest BCUT2D eigenvalue weighted by Gasteiger charge is -2.34. The van der Waals surface area contributed by atoms with Gasteiger partial charge in [0.1, 0.15) is 0 Å². The van der Waals surface area contributed by atoms with Crippen LogP contribution in [0.25, 0.3) is 16.9 Å². The molecule has 3 heterocycles. The second-order valence-electron chi connectivity index (χ2n) is 11.8. The van der Waals surface area contributed by atoms with E-state index >= 15 is 0 Å². The first-order valence-corrected chi connectivity index (χ1v) is 14.1. The minimum atomic E-state index is -1.07. The molecule has 0 unspecified atom stereocenters. The number of amides is 2. The van der Waals surface area contributed by atoms with Gasteiger partial charge in [0, 0.05) is 48.3 Å². The number of hydrogen-bond acceptors (Lipinski definition) is 6. The summed E-state index contributed by atoms with van der Waals surface area (Å²) in [5.41, 5.74) is 2.82. The van der Waals surface area contributed by atoms with Gasteiger partial charge >= 0.3 is 0 Å². The quantitative estimate of drug-likeness (QED) is 0.298. The van der Waals surface area contributed by atoms with E-state index in [2.05, 4.69) is 20.6 Å². The summed E-state index contributed by atoms with van der Waals surface area (Å²) in [6.45, 7) is 3.55. The summed E-state index contributed by atoms with van der Waals surface area (Å²) in [7, 11) is 7.26. The lowest BCUT2D eigenvalue weighted by molar-refractivity contribution is -0.862. The molecule has 2 N–H and O–H groups in total. The number of halogens is 2. The summed E-state index contributed by atoms with van der Waals surface area (Å²) in [4.78, 5) is 36.3. The predicted molar refractivity (Wildman–Crippen MR) is 159 cm³/mol. The molecule has 0 spiro atoms. The highest BCUT2D eigenvalue weighted by Gasteiger charge is 2.27. The molecule has 2 aromatic carbocycles. The Morgan fingerprint density at radius 2 is 1.81 bits per heavy atom. The van der Waals surface area contributed by atoms with Crippen molar-refractivity contribution in [2.45, 2.75) is 25.8 Å². The van der Waals surface area contributed by atoms with Gasteiger partial charge in [0.05, 0.1) is 40.1 Å². The summed E-state index contributed by atoms with van der Waals surface area (Å²) in [5, 5.41) is 6.34. The van der Waals surface area contributed by atoms with Crippen LogP contribution in [-0.4, -0.2) is 89.5 Å². The summed E-state index contributed by atoms with van der Waals surface area (Å²) in [6, 6.07) is 8.18. The Labute approximate surface area is 248 Å². The molecule has 0 saturated carbocycles. The molecule has 4 aromatic rings. The number of quaternary nitrogens is 1. The van der Waals surface area contributed by atoms with E-state index in [0.717, 1.165) is 5.56 Å². The number of imidazole rings is 1. The molecule has 5 rings (SSSR count). The average Bonchev–Trinajstić information content (AvgIpc) is 3.39. The van der Waals surface area contributed by atoms with Gasteiger partial charge in [-0.15, -0.1) is 0 Å². The van der Waals surface area contributed by atoms with Gasteiger partial charge in [0.15, 0.2) is 29.6 Å². The normalized spacial score (nSPS) is 14.2. The Morgan fingerprint density at radius 1 is 1.07 bits per heavy atom. The van der Waals surface area contributed by atoms with Gasteiger partial charge in [-0.05, 0) is 55.7 Å². The molecular weight excluding hydrogens is 556 g/mol. The highest BCUT2D eigenvalue weighted by molar-refractivity contribution is 5.96. The Morgan fingerprint density at radius 3 is 2.49 bits per heavy atom. The van der Waals surface area contributed by atoms with E-state index in [0.29, 0.717) is 65.4 Å². The molecule has 2 aromatic heterocycles. The maximum atomic E-state index is 14.8. The molecule has 1 fully saturated rings. The molecule has 226 valence electrons. The van der Waals surface area contributed by atoms with E-state index < -0.39 is 11.6 Å². The van der Waals surface area contributed by atoms with E-state index in [4.69, 9.17) is 4.74 Å². The first-order chi connectivity index (χ1) is 20.4. The van der Waals surface area contributed by atoms with Crippen molar-refractivity contribution in [3.8, 4) is 17.0 Å². The smallest absolute Gasteiger partial charge is 0.277 e. The van der Waals surface area contributed by atoms with E-state index in [1.807, 2.05) is 39.0 Å². The van der Waals surface area contributed by atoms with Crippen LogP contribution in [0.3, 0.4) is 0 Å². The molecule has 43 heavy (non-hydrogen) atoms. The zero-order chi connectivity index (χ0) is 30.9. The van der Waals surface area contributed by atoms with Gasteiger partial charge in [-0.3, -0.25) is 14.0 Å². The Kier molecular flexibility index (Phi) is 8.32. The zero-order valence-corrected chi connectivity index (χ0v) is 24.9. The van der Waals surface area contributed by atoms with Crippen molar-refractivity contribution >= 4 is 29.0 Å². The summed E-state index contributed by atoms with van der Waals surface area (Å²) < 4.78 is 36.3. The molecule has 0 atom stereocenters. The van der Waals surface area contributed by atoms with Crippen molar-refractivity contribution < 1.29 is 27.6 Å². The van der Waals surface area contributed by atoms with Gasteiger partial charge in [0.2, 0.25) is 5.82 Å². The molecule has 12 heteroatoms. The van der Waals surface area contributed by atoms with Crippen molar-refractivity contribution in [3.63, 3.8) is 0 Å². The topological polar surface area (TPSA) is 101 Å². The van der Waals surface area contributed by atoms with E-state index in [9.17, 15) is 18.4 Å². The fraction of sp³-hybridized carbons (Fsp3) is 0.355. The third kappa shape index (κ3) is 6.43. The summed E-state index contributed by atoms with van der Waals surface area (Å²) in [6.07, 6.45) is 6.03. The maximum absolute atomic E-state index is 14.8. The molecule has 1 aliphatic heterocycles. The lowest BCUT2D eigenvalue weighted by Crippen LogP contribution is -2.51. The number of piperidine rings is 1. The van der Waals surface area contributed by atoms with Crippen LogP contribution in [-0.2, 0) is 4.79 Å². The highest BCUT2D eigenvalue weighted by Crippen LogP contribution is 2.31. The van der Waals surface area contributed by atoms with Crippen LogP contribution in [0.4, 0.5) is 20.3 Å². The highest BCUT2D eigenvalue weighted by atomic mass is 19.2. The number of aryl methyl sites for hydroxylation is 1. The molecule has 10 nitrogen and oxygen atoms in total. The molecule has 2 amide bonds. The van der Waals surface area contributed by atoms with E-state index in [-0.39, 0.29) is 29.2 Å². The number of rotatable bonds is 8. The first-order valence-electron chi connectivity index (χ1n) is 14.1. The van der Waals surface area contributed by atoms with Crippen LogP contribution in [0, 0.1) is 18.6 Å². The van der Waals surface area contributed by atoms with Crippen molar-refractivity contribution in [2.75, 3.05) is 53.2 Å². The number of anilines is 2. The second kappa shape index (κ2) is 12.0. The van der Waals surface area contributed by atoms with Crippen molar-refractivity contribution in [1.82, 2.24) is 24.6 Å². The number of carbonyl (C=O) groups excluding carboxylic acids is 2. The minimum Gasteiger partial charge on any atom is -0.494 e. The molecule has 0 radical (unpaired) electrons. The van der Waals surface area contributed by atoms with Crippen LogP contribution in [0.15, 0.2) is 48.9 Å². The van der Waals surface area contributed by atoms with E-state index in [1.165, 1.54) is 31.6 Å². The monoisotopic (exact) mass is 592 g/mol. The second-order valence-corrected chi connectivity index (χ2v) is 11.8. The Hall–Kier alpha value is -4.58. The number of hydrogen-bond donors (Lipinski definition) is 2. The SMILES string of the molecule is COc1ccc(-c2cnc3c(Nc4ccc(C(=O)NC5CCN(C(=O)C[N+](C)(C)C)CC5)c(C)c4)nccn23)c(F)c1F. The van der Waals surface area contributed by atoms with Crippen LogP contribution in [0.1, 0.15) is 28.8 Å². The lowest BCUT2D eigenvalue weighted by atomic mass is 10.0. The van der Waals surface area contributed by atoms with Crippen LogP contribution in [0.2, 0.25) is 0 Å². The largest absolute Gasteiger partial charge is 0.494 e. The number of likely N-dealkylation sites (tertiary alicyclic amines) is 1. The third-order valence-corrected chi connectivity index (χ3v) is 7.50. The van der Waals surface area contributed by atoms with Gasteiger partial charge in [-0.1, -0.05) is 0 Å². The van der Waals surface area contributed by atoms with Crippen molar-refractivity contribution in [2.24, 2.45) is 0 Å². The third-order valence-electron chi connectivity index (χ3n) is 7.50. The summed E-state index contributed by atoms with van der Waals surface area (Å²) >= 11 is 0. The zero-order valence-electron chi connectivity index (χ0n) is 24.9. The fourth-order valence-corrected chi connectivity index (χ4v) is 5.27. The van der Waals surface area contributed by atoms with Gasteiger partial charge < -0.3 is 24.8 Å². The average molecular weight is 593 g/mol. The molecule has 1 aliphatic rings. The molecular formula is C31H36F2N7O3+. The van der Waals surface area contributed by atoms with Crippen LogP contribution in [0.5, 0.6) is 5.75 Å². The van der Waals surface area contributed by atoms with Crippen molar-refractivity contribution in [1.29, 1.82) is 0 Å². The Balaban J connectivity index is 1.26. The number of nitrogens with one attached hydrogen (secondary N) is 2. The number of benzene rings is 2. The Bertz CT molecular complexity index is 1670. The standard InChI is InChI=1S/C31H35F2N7O3/c1-19-16-21(6-7-22(19)31(42)37-20-10-13-38(14-11-20)26(41)18-40(2,3)4)36-29-30-35-17-24(39(30)15-12-34-29)23-8-9-25(43-5)28(33)27(23)32/h6-9,12,15-17,20H,10-11,13-14,18H2,1-5H3,(H-,34,36,37,42)/p+1. The van der Waals surface area contributed by atoms with E-state index in [1.54, 1.807) is 22.7 Å². The fourth-order valence-electron chi connectivity index (χ4n) is 5.27. The molecule has 0 aliphatic carbocycles. The van der Waals surface area contributed by atoms with Crippen LogP contribution < -0.4 is 15.4 Å². The number of fused-ring (bicyclic) bond motifs is 1. The first kappa shape index (κ1) is 29.9. The van der Waals surface area contributed by atoms with Crippen molar-refractivity contribution in [3.05, 3.63) is 71.7 Å². The van der Waals surface area contributed by atoms with Gasteiger partial charge in [-0.2, -0.15) is 4.39 Å². The van der Waals surface area contributed by atoms with Gasteiger partial charge in [-0.25, -0.2) is 14.4 Å². The predicted octanol–water partition coefficient (Wildman–Crippen LogP) is 4.16. The number of likely N-dealkylation sites (N-methyl/N-ethyl adjacent to an activating group) is 1. The maximum Gasteiger partial charge on any atom is 0.277 e. The number of aromatic nitrogens is 3. The molecule has 0 bridgehead atoms. The number of carbonyl (C=O) groups is 2.